The van der Waals surface area contributed by atoms with Gasteiger partial charge in [0.25, 0.3) is 5.91 Å². The van der Waals surface area contributed by atoms with E-state index in [4.69, 9.17) is 16.3 Å². The van der Waals surface area contributed by atoms with E-state index >= 15 is 0 Å². The summed E-state index contributed by atoms with van der Waals surface area (Å²) in [6, 6.07) is 11.7. The van der Waals surface area contributed by atoms with Gasteiger partial charge in [0.2, 0.25) is 0 Å². The first-order valence-corrected chi connectivity index (χ1v) is 8.96. The second-order valence-electron chi connectivity index (χ2n) is 6.35. The highest BCUT2D eigenvalue weighted by Crippen LogP contribution is 2.43. The lowest BCUT2D eigenvalue weighted by Gasteiger charge is -2.27. The van der Waals surface area contributed by atoms with E-state index in [2.05, 4.69) is 0 Å². The minimum atomic E-state index is -0.714. The summed E-state index contributed by atoms with van der Waals surface area (Å²) in [5.41, 5.74) is 2.32. The minimum Gasteiger partial charge on any atom is -0.503 e. The Kier molecular flexibility index (Phi) is 5.24. The number of aliphatic hydroxyl groups is 1. The van der Waals surface area contributed by atoms with Crippen LogP contribution in [0.1, 0.15) is 30.5 Å². The number of rotatable bonds is 5. The number of ether oxygens (including phenoxy) is 1. The first-order chi connectivity index (χ1) is 12.9. The molecule has 3 rings (SSSR count). The van der Waals surface area contributed by atoms with Crippen LogP contribution in [0, 0.1) is 6.92 Å². The van der Waals surface area contributed by atoms with Gasteiger partial charge in [-0.25, -0.2) is 0 Å². The second-order valence-corrected chi connectivity index (χ2v) is 6.76. The summed E-state index contributed by atoms with van der Waals surface area (Å²) >= 11 is 6.23. The average Bonchev–Trinajstić information content (AvgIpc) is 2.92. The van der Waals surface area contributed by atoms with Crippen LogP contribution in [-0.2, 0) is 9.59 Å². The van der Waals surface area contributed by atoms with Crippen LogP contribution in [0.2, 0.25) is 5.02 Å². The van der Waals surface area contributed by atoms with E-state index in [1.54, 1.807) is 25.1 Å². The molecule has 1 atom stereocenters. The van der Waals surface area contributed by atoms with Crippen molar-refractivity contribution in [3.05, 3.63) is 69.9 Å². The first-order valence-electron chi connectivity index (χ1n) is 8.59. The van der Waals surface area contributed by atoms with Crippen molar-refractivity contribution in [2.24, 2.45) is 0 Å². The van der Waals surface area contributed by atoms with Crippen LogP contribution in [0.4, 0.5) is 5.69 Å². The van der Waals surface area contributed by atoms with Gasteiger partial charge in [-0.3, -0.25) is 14.5 Å². The zero-order valence-corrected chi connectivity index (χ0v) is 16.1. The molecule has 0 saturated carbocycles. The number of methoxy groups -OCH3 is 1. The molecule has 6 heteroatoms. The van der Waals surface area contributed by atoms with E-state index in [-0.39, 0.29) is 17.8 Å². The van der Waals surface area contributed by atoms with Crippen LogP contribution < -0.4 is 9.64 Å². The monoisotopic (exact) mass is 385 g/mol. The predicted molar refractivity (Wildman–Crippen MR) is 104 cm³/mol. The molecule has 2 aromatic carbocycles. The molecule has 1 unspecified atom stereocenters. The number of anilines is 1. The number of amides is 1. The van der Waals surface area contributed by atoms with Crippen molar-refractivity contribution in [3.8, 4) is 5.75 Å². The van der Waals surface area contributed by atoms with Crippen LogP contribution in [0.3, 0.4) is 0 Å². The van der Waals surface area contributed by atoms with Crippen molar-refractivity contribution >= 4 is 29.0 Å². The lowest BCUT2D eigenvalue weighted by atomic mass is 9.94. The summed E-state index contributed by atoms with van der Waals surface area (Å²) in [6.45, 7) is 3.63. The third-order valence-corrected chi connectivity index (χ3v) is 4.90. The van der Waals surface area contributed by atoms with Crippen molar-refractivity contribution in [1.29, 1.82) is 0 Å². The zero-order valence-electron chi connectivity index (χ0n) is 15.3. The molecule has 0 aliphatic carbocycles. The third-order valence-electron chi connectivity index (χ3n) is 4.60. The smallest absolute Gasteiger partial charge is 0.294 e. The van der Waals surface area contributed by atoms with Gasteiger partial charge in [0.05, 0.1) is 23.7 Å². The molecule has 27 heavy (non-hydrogen) atoms. The van der Waals surface area contributed by atoms with E-state index in [9.17, 15) is 14.7 Å². The first kappa shape index (κ1) is 19.0. The van der Waals surface area contributed by atoms with E-state index in [0.717, 1.165) is 11.1 Å². The van der Waals surface area contributed by atoms with Crippen molar-refractivity contribution in [1.82, 2.24) is 0 Å². The Labute approximate surface area is 162 Å². The van der Waals surface area contributed by atoms with Gasteiger partial charge < -0.3 is 9.84 Å². The number of aliphatic hydroxyl groups excluding tert-OH is 1. The van der Waals surface area contributed by atoms with Gasteiger partial charge >= 0.3 is 0 Å². The van der Waals surface area contributed by atoms with Crippen molar-refractivity contribution in [2.75, 3.05) is 12.0 Å². The van der Waals surface area contributed by atoms with Gasteiger partial charge in [-0.15, -0.1) is 0 Å². The SMILES string of the molecule is CCC(=O)C1=C(O)C(=O)N(c2ccc(OC)c(Cl)c2)C1c1cccc(C)c1. The Hall–Kier alpha value is -2.79. The van der Waals surface area contributed by atoms with Crippen LogP contribution >= 0.6 is 11.6 Å². The molecule has 0 saturated heterocycles. The summed E-state index contributed by atoms with van der Waals surface area (Å²) in [7, 11) is 1.50. The molecule has 1 amide bonds. The van der Waals surface area contributed by atoms with E-state index in [1.165, 1.54) is 12.0 Å². The van der Waals surface area contributed by atoms with E-state index in [1.807, 2.05) is 31.2 Å². The molecule has 1 aliphatic heterocycles. The topological polar surface area (TPSA) is 66.8 Å². The fourth-order valence-electron chi connectivity index (χ4n) is 3.31. The highest BCUT2D eigenvalue weighted by Gasteiger charge is 2.43. The standard InChI is InChI=1S/C21H20ClNO4/c1-4-16(24)18-19(13-7-5-6-12(2)10-13)23(21(26)20(18)25)14-8-9-17(27-3)15(22)11-14/h5-11,19,25H,4H2,1-3H3. The van der Waals surface area contributed by atoms with Crippen molar-refractivity contribution in [2.45, 2.75) is 26.3 Å². The average molecular weight is 386 g/mol. The molecular weight excluding hydrogens is 366 g/mol. The highest BCUT2D eigenvalue weighted by atomic mass is 35.5. The molecule has 5 nitrogen and oxygen atoms in total. The fraction of sp³-hybridized carbons (Fsp3) is 0.238. The molecular formula is C21H20ClNO4. The molecule has 0 fully saturated rings. The number of ketones is 1. The maximum atomic E-state index is 12.9. The maximum absolute atomic E-state index is 12.9. The Morgan fingerprint density at radius 1 is 1.26 bits per heavy atom. The molecule has 1 aliphatic rings. The number of Topliss-reactive ketones (excluding diaryl/α,β-unsaturated/α-hetero) is 1. The number of nitrogens with zero attached hydrogens (tertiary/aromatic N) is 1. The number of hydrogen-bond acceptors (Lipinski definition) is 4. The van der Waals surface area contributed by atoms with E-state index in [0.29, 0.717) is 16.5 Å². The highest BCUT2D eigenvalue weighted by molar-refractivity contribution is 6.32. The largest absolute Gasteiger partial charge is 0.503 e. The van der Waals surface area contributed by atoms with Gasteiger partial charge in [0.1, 0.15) is 5.75 Å². The number of carbonyl (C=O) groups is 2. The summed E-state index contributed by atoms with van der Waals surface area (Å²) < 4.78 is 5.17. The fourth-order valence-corrected chi connectivity index (χ4v) is 3.56. The molecule has 1 N–H and O–H groups in total. The van der Waals surface area contributed by atoms with Gasteiger partial charge in [-0.1, -0.05) is 48.4 Å². The molecule has 1 heterocycles. The maximum Gasteiger partial charge on any atom is 0.294 e. The lowest BCUT2D eigenvalue weighted by Crippen LogP contribution is -2.31. The molecule has 0 bridgehead atoms. The summed E-state index contributed by atoms with van der Waals surface area (Å²) in [5.74, 6) is -0.935. The van der Waals surface area contributed by atoms with Crippen molar-refractivity contribution < 1.29 is 19.4 Å². The number of aryl methyl sites for hydroxylation is 1. The van der Waals surface area contributed by atoms with Crippen LogP contribution in [0.5, 0.6) is 5.75 Å². The second kappa shape index (κ2) is 7.45. The summed E-state index contributed by atoms with van der Waals surface area (Å²) in [4.78, 5) is 26.8. The van der Waals surface area contributed by atoms with Gasteiger partial charge in [0.15, 0.2) is 11.5 Å². The van der Waals surface area contributed by atoms with Crippen LogP contribution in [0.15, 0.2) is 53.8 Å². The quantitative estimate of drug-likeness (QED) is 0.820. The molecule has 2 aromatic rings. The third kappa shape index (κ3) is 3.30. The lowest BCUT2D eigenvalue weighted by molar-refractivity contribution is -0.118. The van der Waals surface area contributed by atoms with E-state index < -0.39 is 17.7 Å². The Morgan fingerprint density at radius 3 is 2.59 bits per heavy atom. The Balaban J connectivity index is 2.18. The Morgan fingerprint density at radius 2 is 2.00 bits per heavy atom. The summed E-state index contributed by atoms with van der Waals surface area (Å²) in [5, 5.41) is 10.8. The minimum absolute atomic E-state index is 0.111. The normalized spacial score (nSPS) is 16.8. The number of halogens is 1. The molecule has 0 radical (unpaired) electrons. The molecule has 140 valence electrons. The Bertz CT molecular complexity index is 951. The van der Waals surface area contributed by atoms with Gasteiger partial charge in [-0.05, 0) is 30.7 Å². The van der Waals surface area contributed by atoms with Crippen LogP contribution in [0.25, 0.3) is 0 Å². The number of hydrogen-bond donors (Lipinski definition) is 1. The molecule has 0 spiro atoms. The number of carbonyl (C=O) groups excluding carboxylic acids is 2. The zero-order chi connectivity index (χ0) is 19.7. The van der Waals surface area contributed by atoms with Crippen molar-refractivity contribution in [3.63, 3.8) is 0 Å². The van der Waals surface area contributed by atoms with Gasteiger partial charge in [-0.2, -0.15) is 0 Å². The summed E-state index contributed by atoms with van der Waals surface area (Å²) in [6.07, 6.45) is 0.187. The number of benzene rings is 2. The van der Waals surface area contributed by atoms with Gasteiger partial charge in [0, 0.05) is 12.1 Å². The molecule has 0 aromatic heterocycles. The predicted octanol–water partition coefficient (Wildman–Crippen LogP) is 4.54. The van der Waals surface area contributed by atoms with Crippen LogP contribution in [-0.4, -0.2) is 23.9 Å².